The summed E-state index contributed by atoms with van der Waals surface area (Å²) in [5.74, 6) is -0.300. The number of likely N-dealkylation sites (N-methyl/N-ethyl adjacent to an activating group) is 1. The lowest BCUT2D eigenvalue weighted by atomic mass is 10.0. The highest BCUT2D eigenvalue weighted by atomic mass is 35.5. The Morgan fingerprint density at radius 1 is 1.22 bits per heavy atom. The summed E-state index contributed by atoms with van der Waals surface area (Å²) >= 11 is 5.99. The van der Waals surface area contributed by atoms with Crippen molar-refractivity contribution < 1.29 is 14.7 Å². The smallest absolute Gasteiger partial charge is 0.317 e. The number of carboxylic acid groups (broad SMARTS) is 1. The van der Waals surface area contributed by atoms with Crippen LogP contribution in [-0.2, 0) is 4.79 Å². The van der Waals surface area contributed by atoms with E-state index >= 15 is 0 Å². The van der Waals surface area contributed by atoms with Crippen molar-refractivity contribution in [1.82, 2.24) is 15.1 Å². The van der Waals surface area contributed by atoms with Gasteiger partial charge in [0.1, 0.15) is 0 Å². The number of aliphatic carboxylic acids is 1. The lowest BCUT2D eigenvalue weighted by molar-refractivity contribution is -0.139. The number of piperidine rings is 1. The monoisotopic (exact) mass is 393 g/mol. The van der Waals surface area contributed by atoms with Gasteiger partial charge in [0.25, 0.3) is 0 Å². The molecule has 2 fully saturated rings. The average molecular weight is 394 g/mol. The fourth-order valence-corrected chi connectivity index (χ4v) is 4.03. The number of carbonyl (C=O) groups excluding carboxylic acids is 1. The molecular formula is C20H28ClN3O3. The van der Waals surface area contributed by atoms with E-state index in [9.17, 15) is 9.59 Å². The molecule has 1 unspecified atom stereocenters. The van der Waals surface area contributed by atoms with E-state index in [0.717, 1.165) is 31.2 Å². The van der Waals surface area contributed by atoms with E-state index < -0.39 is 5.97 Å². The molecule has 0 radical (unpaired) electrons. The van der Waals surface area contributed by atoms with Crippen LogP contribution >= 0.6 is 11.6 Å². The molecule has 2 aliphatic rings. The second-order valence-corrected chi connectivity index (χ2v) is 7.93. The van der Waals surface area contributed by atoms with Gasteiger partial charge in [0, 0.05) is 24.2 Å². The van der Waals surface area contributed by atoms with Gasteiger partial charge in [0.2, 0.25) is 0 Å². The van der Waals surface area contributed by atoms with Gasteiger partial charge in [0.05, 0.1) is 12.6 Å². The molecule has 3 rings (SSSR count). The van der Waals surface area contributed by atoms with Crippen LogP contribution in [0.5, 0.6) is 0 Å². The van der Waals surface area contributed by atoms with Gasteiger partial charge in [-0.15, -0.1) is 0 Å². The Labute approximate surface area is 165 Å². The number of nitrogens with zero attached hydrogens (tertiary/aromatic N) is 2. The predicted molar refractivity (Wildman–Crippen MR) is 105 cm³/mol. The number of urea groups is 1. The van der Waals surface area contributed by atoms with Crippen molar-refractivity contribution in [3.63, 3.8) is 0 Å². The van der Waals surface area contributed by atoms with Crippen molar-refractivity contribution in [2.24, 2.45) is 5.92 Å². The summed E-state index contributed by atoms with van der Waals surface area (Å²) in [7, 11) is 0. The molecule has 0 aromatic heterocycles. The van der Waals surface area contributed by atoms with Crippen molar-refractivity contribution in [3.8, 4) is 0 Å². The van der Waals surface area contributed by atoms with Crippen LogP contribution in [0, 0.1) is 5.92 Å². The number of amides is 2. The summed E-state index contributed by atoms with van der Waals surface area (Å²) in [5, 5.41) is 13.0. The number of hydrogen-bond donors (Lipinski definition) is 2. The minimum atomic E-state index is -0.799. The minimum Gasteiger partial charge on any atom is -0.480 e. The number of rotatable bonds is 7. The number of carboxylic acids is 1. The highest BCUT2D eigenvalue weighted by molar-refractivity contribution is 6.30. The third kappa shape index (κ3) is 5.36. The van der Waals surface area contributed by atoms with E-state index in [2.05, 4.69) is 5.32 Å². The zero-order valence-electron chi connectivity index (χ0n) is 15.7. The van der Waals surface area contributed by atoms with Crippen LogP contribution in [0.2, 0.25) is 5.02 Å². The van der Waals surface area contributed by atoms with E-state index in [0.29, 0.717) is 30.6 Å². The third-order valence-electron chi connectivity index (χ3n) is 5.61. The maximum absolute atomic E-state index is 12.8. The van der Waals surface area contributed by atoms with Crippen molar-refractivity contribution in [2.45, 2.75) is 44.7 Å². The van der Waals surface area contributed by atoms with Crippen LogP contribution in [-0.4, -0.2) is 59.1 Å². The van der Waals surface area contributed by atoms with Crippen LogP contribution < -0.4 is 5.32 Å². The number of halogens is 1. The average Bonchev–Trinajstić information content (AvgIpc) is 3.50. The van der Waals surface area contributed by atoms with Gasteiger partial charge in [-0.1, -0.05) is 30.7 Å². The summed E-state index contributed by atoms with van der Waals surface area (Å²) in [4.78, 5) is 27.6. The Morgan fingerprint density at radius 2 is 1.85 bits per heavy atom. The lowest BCUT2D eigenvalue weighted by Gasteiger charge is -2.38. The first-order valence-corrected chi connectivity index (χ1v) is 10.1. The summed E-state index contributed by atoms with van der Waals surface area (Å²) in [5.41, 5.74) is 1.10. The largest absolute Gasteiger partial charge is 0.480 e. The van der Waals surface area contributed by atoms with E-state index in [1.165, 1.54) is 0 Å². The minimum absolute atomic E-state index is 0.0263. The van der Waals surface area contributed by atoms with E-state index in [1.807, 2.05) is 41.0 Å². The standard InChI is InChI=1S/C20H28ClN3O3/c1-2-23(13-18(25)26)17-9-11-24(12-10-17)20(27)22-19(14-3-4-14)15-5-7-16(21)8-6-15/h5-8,14,17,19H,2-4,9-13H2,1H3,(H,22,27)(H,25,26). The van der Waals surface area contributed by atoms with Crippen molar-refractivity contribution in [2.75, 3.05) is 26.2 Å². The molecule has 0 bridgehead atoms. The van der Waals surface area contributed by atoms with Crippen LogP contribution in [0.25, 0.3) is 0 Å². The molecule has 1 saturated heterocycles. The van der Waals surface area contributed by atoms with Gasteiger partial charge in [-0.05, 0) is 55.8 Å². The SMILES string of the molecule is CCN(CC(=O)O)C1CCN(C(=O)NC(c2ccc(Cl)cc2)C2CC2)CC1. The zero-order chi connectivity index (χ0) is 19.4. The molecule has 1 atom stereocenters. The molecule has 1 saturated carbocycles. The maximum atomic E-state index is 12.8. The topological polar surface area (TPSA) is 72.9 Å². The number of benzene rings is 1. The van der Waals surface area contributed by atoms with Crippen LogP contribution in [0.1, 0.15) is 44.2 Å². The molecule has 7 heteroatoms. The molecule has 148 valence electrons. The number of hydrogen-bond acceptors (Lipinski definition) is 3. The second-order valence-electron chi connectivity index (χ2n) is 7.49. The summed E-state index contributed by atoms with van der Waals surface area (Å²) in [6.07, 6.45) is 3.89. The molecule has 1 aromatic carbocycles. The van der Waals surface area contributed by atoms with Gasteiger partial charge in [-0.2, -0.15) is 0 Å². The molecule has 1 aliphatic carbocycles. The van der Waals surface area contributed by atoms with Gasteiger partial charge >= 0.3 is 12.0 Å². The first kappa shape index (κ1) is 20.0. The molecule has 27 heavy (non-hydrogen) atoms. The highest BCUT2D eigenvalue weighted by Gasteiger charge is 2.35. The third-order valence-corrected chi connectivity index (χ3v) is 5.87. The first-order valence-electron chi connectivity index (χ1n) is 9.74. The van der Waals surface area contributed by atoms with Gasteiger partial charge in [-0.3, -0.25) is 9.69 Å². The summed E-state index contributed by atoms with van der Waals surface area (Å²) in [6.45, 7) is 4.07. The molecule has 1 aliphatic heterocycles. The van der Waals surface area contributed by atoms with Crippen LogP contribution in [0.15, 0.2) is 24.3 Å². The molecule has 2 amide bonds. The van der Waals surface area contributed by atoms with Crippen LogP contribution in [0.4, 0.5) is 4.79 Å². The lowest BCUT2D eigenvalue weighted by Crippen LogP contribution is -2.51. The van der Waals surface area contributed by atoms with Gasteiger partial charge < -0.3 is 15.3 Å². The molecule has 1 heterocycles. The van der Waals surface area contributed by atoms with Crippen molar-refractivity contribution in [1.29, 1.82) is 0 Å². The Bertz CT molecular complexity index is 655. The summed E-state index contributed by atoms with van der Waals surface area (Å²) < 4.78 is 0. The normalized spacial score (nSPS) is 19.1. The first-order chi connectivity index (χ1) is 13.0. The fraction of sp³-hybridized carbons (Fsp3) is 0.600. The molecule has 0 spiro atoms. The quantitative estimate of drug-likeness (QED) is 0.744. The summed E-state index contributed by atoms with van der Waals surface area (Å²) in [6, 6.07) is 7.95. The fourth-order valence-electron chi connectivity index (χ4n) is 3.90. The predicted octanol–water partition coefficient (Wildman–Crippen LogP) is 3.37. The van der Waals surface area contributed by atoms with Crippen molar-refractivity contribution in [3.05, 3.63) is 34.9 Å². The van der Waals surface area contributed by atoms with E-state index in [-0.39, 0.29) is 24.7 Å². The molecular weight excluding hydrogens is 366 g/mol. The Hall–Kier alpha value is -1.79. The van der Waals surface area contributed by atoms with Gasteiger partial charge in [-0.25, -0.2) is 4.79 Å². The number of carbonyl (C=O) groups is 2. The zero-order valence-corrected chi connectivity index (χ0v) is 16.5. The maximum Gasteiger partial charge on any atom is 0.317 e. The number of likely N-dealkylation sites (tertiary alicyclic amines) is 1. The Kier molecular flexibility index (Phi) is 6.60. The second kappa shape index (κ2) is 8.93. The van der Waals surface area contributed by atoms with E-state index in [4.69, 9.17) is 16.7 Å². The van der Waals surface area contributed by atoms with Crippen molar-refractivity contribution >= 4 is 23.6 Å². The Balaban J connectivity index is 1.55. The highest BCUT2D eigenvalue weighted by Crippen LogP contribution is 2.41. The van der Waals surface area contributed by atoms with E-state index in [1.54, 1.807) is 0 Å². The number of nitrogens with one attached hydrogen (secondary N) is 1. The molecule has 2 N–H and O–H groups in total. The molecule has 6 nitrogen and oxygen atoms in total. The van der Waals surface area contributed by atoms with Crippen LogP contribution in [0.3, 0.4) is 0 Å². The Morgan fingerprint density at radius 3 is 2.37 bits per heavy atom. The molecule has 1 aromatic rings. The van der Waals surface area contributed by atoms with Gasteiger partial charge in [0.15, 0.2) is 0 Å².